The van der Waals surface area contributed by atoms with Gasteiger partial charge in [-0.3, -0.25) is 0 Å². The number of rotatable bonds is 2. The summed E-state index contributed by atoms with van der Waals surface area (Å²) in [5, 5.41) is 0.0385. The number of alkyl halides is 3. The summed E-state index contributed by atoms with van der Waals surface area (Å²) in [5.74, 6) is 0. The lowest BCUT2D eigenvalue weighted by Crippen LogP contribution is -2.17. The number of H-pyrrole nitrogens is 1. The first-order valence-electron chi connectivity index (χ1n) is 5.03. The van der Waals surface area contributed by atoms with Gasteiger partial charge >= 0.3 is 5.51 Å². The molecule has 1 aromatic carbocycles. The number of nitrogens with one attached hydrogen (secondary N) is 1. The minimum atomic E-state index is -4.84. The summed E-state index contributed by atoms with van der Waals surface area (Å²) >= 11 is 12.0. The van der Waals surface area contributed by atoms with Gasteiger partial charge in [-0.2, -0.15) is 13.2 Å². The van der Waals surface area contributed by atoms with Crippen molar-refractivity contribution in [3.63, 3.8) is 0 Å². The van der Waals surface area contributed by atoms with Gasteiger partial charge in [0, 0.05) is 10.6 Å². The maximum atomic E-state index is 12.7. The van der Waals surface area contributed by atoms with E-state index in [4.69, 9.17) is 11.6 Å². The first-order valence-corrected chi connectivity index (χ1v) is 8.14. The average molecular weight is 451 g/mol. The Labute approximate surface area is 136 Å². The molecular weight excluding hydrogens is 446 g/mol. The van der Waals surface area contributed by atoms with Crippen molar-refractivity contribution in [1.82, 2.24) is 4.98 Å². The van der Waals surface area contributed by atoms with E-state index in [2.05, 4.69) is 36.8 Å². The van der Waals surface area contributed by atoms with Crippen LogP contribution >= 0.6 is 43.5 Å². The minimum absolute atomic E-state index is 0.184. The number of aromatic nitrogens is 1. The largest absolute Gasteiger partial charge is 0.477 e. The topological polar surface area (TPSA) is 32.9 Å². The Morgan fingerprint density at radius 2 is 1.70 bits per heavy atom. The second-order valence-electron chi connectivity index (χ2n) is 3.68. The van der Waals surface area contributed by atoms with Gasteiger partial charge in [0.25, 0.3) is 0 Å². The van der Waals surface area contributed by atoms with E-state index in [0.29, 0.717) is 15.1 Å². The van der Waals surface area contributed by atoms with Crippen LogP contribution in [0.2, 0.25) is 5.02 Å². The number of hydrogen-bond donors (Lipinski definition) is 1. The molecule has 0 aliphatic rings. The Balaban J connectivity index is 2.64. The van der Waals surface area contributed by atoms with E-state index in [-0.39, 0.29) is 10.2 Å². The molecule has 20 heavy (non-hydrogen) atoms. The van der Waals surface area contributed by atoms with E-state index in [1.165, 1.54) is 0 Å². The number of hydrogen-bond acceptors (Lipinski definition) is 1. The zero-order valence-electron chi connectivity index (χ0n) is 9.39. The Hall–Kier alpha value is -0.310. The normalized spacial score (nSPS) is 13.5. The van der Waals surface area contributed by atoms with Crippen molar-refractivity contribution in [1.29, 1.82) is 0 Å². The molecule has 0 bridgehead atoms. The van der Waals surface area contributed by atoms with Crippen molar-refractivity contribution in [3.05, 3.63) is 38.4 Å². The molecule has 0 saturated heterocycles. The van der Waals surface area contributed by atoms with E-state index in [9.17, 15) is 17.4 Å². The standard InChI is InChI=1S/C11H5Br2ClF3NOS/c12-8-7(5-1-3-6(14)4-2-5)10(18-9(8)13)20(19)11(15,16)17/h1-4,18H. The molecule has 1 aromatic heterocycles. The maximum absolute atomic E-state index is 12.7. The molecule has 0 fully saturated rings. The fourth-order valence-corrected chi connectivity index (χ4v) is 3.70. The van der Waals surface area contributed by atoms with E-state index in [0.717, 1.165) is 0 Å². The summed E-state index contributed by atoms with van der Waals surface area (Å²) in [6.45, 7) is 0. The molecule has 2 rings (SSSR count). The van der Waals surface area contributed by atoms with Gasteiger partial charge in [0.05, 0.1) is 9.08 Å². The Kier molecular flexibility index (Phi) is 4.68. The summed E-state index contributed by atoms with van der Waals surface area (Å²) in [4.78, 5) is 2.45. The molecule has 0 spiro atoms. The van der Waals surface area contributed by atoms with E-state index in [1.54, 1.807) is 24.3 Å². The zero-order valence-corrected chi connectivity index (χ0v) is 14.1. The Morgan fingerprint density at radius 1 is 1.15 bits per heavy atom. The molecule has 0 aliphatic heterocycles. The van der Waals surface area contributed by atoms with Crippen LogP contribution in [-0.2, 0) is 10.8 Å². The fraction of sp³-hybridized carbons (Fsp3) is 0.0909. The smallest absolute Gasteiger partial charge is 0.341 e. The SMILES string of the molecule is O=S(c1[nH]c(Br)c(Br)c1-c1ccc(Cl)cc1)C(F)(F)F. The molecule has 2 nitrogen and oxygen atoms in total. The molecule has 9 heteroatoms. The summed E-state index contributed by atoms with van der Waals surface area (Å²) in [6.07, 6.45) is 0. The van der Waals surface area contributed by atoms with Gasteiger partial charge in [0.15, 0.2) is 10.8 Å². The van der Waals surface area contributed by atoms with Crippen LogP contribution in [-0.4, -0.2) is 14.7 Å². The summed E-state index contributed by atoms with van der Waals surface area (Å²) in [5.41, 5.74) is -4.19. The number of benzene rings is 1. The molecular formula is C11H5Br2ClF3NOS. The summed E-state index contributed by atoms with van der Waals surface area (Å²) in [6, 6.07) is 6.20. The number of halogens is 6. The predicted octanol–water partition coefficient (Wildman–Crippen LogP) is 5.49. The molecule has 1 atom stereocenters. The quantitative estimate of drug-likeness (QED) is 0.644. The Morgan fingerprint density at radius 3 is 2.20 bits per heavy atom. The monoisotopic (exact) mass is 449 g/mol. The first kappa shape index (κ1) is 16.1. The third-order valence-electron chi connectivity index (χ3n) is 2.39. The lowest BCUT2D eigenvalue weighted by atomic mass is 10.1. The molecule has 1 heterocycles. The molecule has 1 N–H and O–H groups in total. The van der Waals surface area contributed by atoms with Gasteiger partial charge in [0.1, 0.15) is 5.03 Å². The van der Waals surface area contributed by atoms with Gasteiger partial charge < -0.3 is 4.98 Å². The van der Waals surface area contributed by atoms with Crippen molar-refractivity contribution in [2.75, 3.05) is 0 Å². The van der Waals surface area contributed by atoms with Gasteiger partial charge in [-0.25, -0.2) is 4.21 Å². The van der Waals surface area contributed by atoms with E-state index < -0.39 is 21.3 Å². The highest BCUT2D eigenvalue weighted by Crippen LogP contribution is 2.41. The summed E-state index contributed by atoms with van der Waals surface area (Å²) < 4.78 is 50.2. The van der Waals surface area contributed by atoms with Crippen molar-refractivity contribution < 1.29 is 17.4 Å². The molecule has 0 radical (unpaired) electrons. The van der Waals surface area contributed by atoms with Gasteiger partial charge in [-0.1, -0.05) is 23.7 Å². The molecule has 108 valence electrons. The highest BCUT2D eigenvalue weighted by atomic mass is 79.9. The predicted molar refractivity (Wildman–Crippen MR) is 79.1 cm³/mol. The maximum Gasteiger partial charge on any atom is 0.477 e. The van der Waals surface area contributed by atoms with Crippen LogP contribution in [0.25, 0.3) is 11.1 Å². The van der Waals surface area contributed by atoms with E-state index >= 15 is 0 Å². The van der Waals surface area contributed by atoms with Crippen LogP contribution in [0.3, 0.4) is 0 Å². The van der Waals surface area contributed by atoms with Crippen LogP contribution in [0, 0.1) is 0 Å². The van der Waals surface area contributed by atoms with Crippen LogP contribution in [0.5, 0.6) is 0 Å². The molecule has 0 aliphatic carbocycles. The molecule has 2 aromatic rings. The highest BCUT2D eigenvalue weighted by molar-refractivity contribution is 9.13. The lowest BCUT2D eigenvalue weighted by Gasteiger charge is -2.08. The average Bonchev–Trinajstić information content (AvgIpc) is 2.65. The first-order chi connectivity index (χ1) is 9.21. The molecule has 1 unspecified atom stereocenters. The lowest BCUT2D eigenvalue weighted by molar-refractivity contribution is -0.0386. The number of aromatic amines is 1. The van der Waals surface area contributed by atoms with Crippen molar-refractivity contribution in [2.24, 2.45) is 0 Å². The summed E-state index contributed by atoms with van der Waals surface area (Å²) in [7, 11) is -3.16. The van der Waals surface area contributed by atoms with Crippen LogP contribution < -0.4 is 0 Å². The highest BCUT2D eigenvalue weighted by Gasteiger charge is 2.41. The molecule has 0 amide bonds. The van der Waals surface area contributed by atoms with Crippen LogP contribution in [0.15, 0.2) is 38.4 Å². The van der Waals surface area contributed by atoms with Crippen LogP contribution in [0.4, 0.5) is 13.2 Å². The second-order valence-corrected chi connectivity index (χ2v) is 7.11. The van der Waals surface area contributed by atoms with E-state index in [1.807, 2.05) is 0 Å². The third-order valence-corrected chi connectivity index (χ3v) is 5.66. The molecule has 0 saturated carbocycles. The third kappa shape index (κ3) is 3.13. The fourth-order valence-electron chi connectivity index (χ4n) is 1.56. The van der Waals surface area contributed by atoms with Gasteiger partial charge in [-0.05, 0) is 49.6 Å². The van der Waals surface area contributed by atoms with Crippen molar-refractivity contribution >= 4 is 54.3 Å². The zero-order chi connectivity index (χ0) is 15.1. The van der Waals surface area contributed by atoms with Gasteiger partial charge in [0.2, 0.25) is 0 Å². The van der Waals surface area contributed by atoms with Crippen LogP contribution in [0.1, 0.15) is 0 Å². The second kappa shape index (κ2) is 5.82. The van der Waals surface area contributed by atoms with Crippen molar-refractivity contribution in [3.8, 4) is 11.1 Å². The van der Waals surface area contributed by atoms with Gasteiger partial charge in [-0.15, -0.1) is 0 Å². The Bertz CT molecular complexity index is 670. The minimum Gasteiger partial charge on any atom is -0.341 e. The van der Waals surface area contributed by atoms with Crippen molar-refractivity contribution in [2.45, 2.75) is 10.5 Å².